The van der Waals surface area contributed by atoms with Gasteiger partial charge in [0.05, 0.1) is 12.2 Å². The van der Waals surface area contributed by atoms with Crippen LogP contribution in [0.25, 0.3) is 0 Å². The highest BCUT2D eigenvalue weighted by Gasteiger charge is 2.50. The van der Waals surface area contributed by atoms with Gasteiger partial charge in [0.25, 0.3) is 8.32 Å². The van der Waals surface area contributed by atoms with E-state index < -0.39 is 8.32 Å². The molecule has 1 aliphatic heterocycles. The summed E-state index contributed by atoms with van der Waals surface area (Å²) in [5.41, 5.74) is 0.597. The SMILES string of the molecule is CN1[C@H](COC(=O)c2ccccc2)CC[C@H]1CO[Si](c1ccccc1)(c1ccccc1)C(C)(C)C. The molecule has 0 unspecified atom stereocenters. The molecule has 3 aromatic carbocycles. The molecule has 4 nitrogen and oxygen atoms in total. The molecule has 0 amide bonds. The van der Waals surface area contributed by atoms with Gasteiger partial charge < -0.3 is 9.16 Å². The van der Waals surface area contributed by atoms with Crippen LogP contribution >= 0.6 is 0 Å². The zero-order valence-electron chi connectivity index (χ0n) is 21.3. The van der Waals surface area contributed by atoms with Crippen molar-refractivity contribution in [2.45, 2.75) is 50.7 Å². The van der Waals surface area contributed by atoms with Gasteiger partial charge in [0.1, 0.15) is 6.61 Å². The van der Waals surface area contributed by atoms with Crippen LogP contribution < -0.4 is 10.4 Å². The third kappa shape index (κ3) is 5.42. The molecule has 0 aromatic heterocycles. The van der Waals surface area contributed by atoms with Gasteiger partial charge in [-0.25, -0.2) is 4.79 Å². The molecule has 0 spiro atoms. The molecule has 0 aliphatic carbocycles. The predicted octanol–water partition coefficient (Wildman–Crippen LogP) is 4.88. The highest BCUT2D eigenvalue weighted by molar-refractivity contribution is 6.99. The Kier molecular flexibility index (Phi) is 7.90. The van der Waals surface area contributed by atoms with E-state index in [4.69, 9.17) is 9.16 Å². The molecule has 5 heteroatoms. The zero-order chi connectivity index (χ0) is 24.9. The van der Waals surface area contributed by atoms with Crippen LogP contribution in [0, 0.1) is 0 Å². The van der Waals surface area contributed by atoms with Gasteiger partial charge in [0, 0.05) is 12.1 Å². The van der Waals surface area contributed by atoms with Crippen LogP contribution in [-0.2, 0) is 9.16 Å². The van der Waals surface area contributed by atoms with E-state index in [0.717, 1.165) is 12.8 Å². The van der Waals surface area contributed by atoms with Gasteiger partial charge in [-0.05, 0) is 47.4 Å². The van der Waals surface area contributed by atoms with Crippen LogP contribution in [0.15, 0.2) is 91.0 Å². The molecule has 35 heavy (non-hydrogen) atoms. The molecular formula is C30H37NO3Si. The lowest BCUT2D eigenvalue weighted by Crippen LogP contribution is -2.67. The predicted molar refractivity (Wildman–Crippen MR) is 145 cm³/mol. The largest absolute Gasteiger partial charge is 0.460 e. The summed E-state index contributed by atoms with van der Waals surface area (Å²) in [5, 5.41) is 2.55. The number of nitrogens with zero attached hydrogens (tertiary/aromatic N) is 1. The minimum Gasteiger partial charge on any atom is -0.460 e. The number of hydrogen-bond acceptors (Lipinski definition) is 4. The molecule has 184 valence electrons. The number of esters is 1. The van der Waals surface area contributed by atoms with Crippen LogP contribution in [0.2, 0.25) is 5.04 Å². The van der Waals surface area contributed by atoms with Crippen molar-refractivity contribution in [2.75, 3.05) is 20.3 Å². The third-order valence-corrected chi connectivity index (χ3v) is 12.3. The number of ether oxygens (including phenoxy) is 1. The Hall–Kier alpha value is -2.73. The van der Waals surface area contributed by atoms with Crippen molar-refractivity contribution in [2.24, 2.45) is 0 Å². The lowest BCUT2D eigenvalue weighted by Gasteiger charge is -2.44. The topological polar surface area (TPSA) is 38.8 Å². The molecule has 0 bridgehead atoms. The summed E-state index contributed by atoms with van der Waals surface area (Å²) < 4.78 is 12.8. The number of hydrogen-bond donors (Lipinski definition) is 0. The number of benzene rings is 3. The summed E-state index contributed by atoms with van der Waals surface area (Å²) >= 11 is 0. The molecule has 0 saturated carbocycles. The summed E-state index contributed by atoms with van der Waals surface area (Å²) in [6.45, 7) is 7.99. The van der Waals surface area contributed by atoms with Gasteiger partial charge in [-0.15, -0.1) is 0 Å². The van der Waals surface area contributed by atoms with E-state index in [1.807, 2.05) is 18.2 Å². The highest BCUT2D eigenvalue weighted by atomic mass is 28.4. The van der Waals surface area contributed by atoms with E-state index in [1.54, 1.807) is 12.1 Å². The van der Waals surface area contributed by atoms with Gasteiger partial charge in [-0.3, -0.25) is 4.90 Å². The molecule has 1 fully saturated rings. The molecule has 1 aliphatic rings. The second-order valence-corrected chi connectivity index (χ2v) is 14.8. The van der Waals surface area contributed by atoms with Crippen molar-refractivity contribution < 1.29 is 14.0 Å². The van der Waals surface area contributed by atoms with Crippen molar-refractivity contribution in [1.82, 2.24) is 4.90 Å². The molecule has 1 saturated heterocycles. The minimum atomic E-state index is -2.56. The van der Waals surface area contributed by atoms with Crippen molar-refractivity contribution >= 4 is 24.7 Å². The van der Waals surface area contributed by atoms with Gasteiger partial charge in [0.15, 0.2) is 0 Å². The summed E-state index contributed by atoms with van der Waals surface area (Å²) in [4.78, 5) is 14.8. The quantitative estimate of drug-likeness (QED) is 0.335. The van der Waals surface area contributed by atoms with E-state index in [2.05, 4.69) is 93.4 Å². The average molecular weight is 488 g/mol. The first-order valence-electron chi connectivity index (χ1n) is 12.5. The molecule has 2 atom stereocenters. The van der Waals surface area contributed by atoms with Gasteiger partial charge in [-0.1, -0.05) is 99.6 Å². The lowest BCUT2D eigenvalue weighted by atomic mass is 10.2. The van der Waals surface area contributed by atoms with Crippen molar-refractivity contribution in [3.63, 3.8) is 0 Å². The first-order valence-corrected chi connectivity index (χ1v) is 14.4. The normalized spacial score (nSPS) is 19.0. The Bertz CT molecular complexity index is 1040. The molecular weight excluding hydrogens is 450 g/mol. The van der Waals surface area contributed by atoms with Crippen LogP contribution in [0.4, 0.5) is 0 Å². The van der Waals surface area contributed by atoms with Crippen LogP contribution in [0.5, 0.6) is 0 Å². The first-order chi connectivity index (χ1) is 16.8. The Labute approximate surface area is 211 Å². The second-order valence-electron chi connectivity index (χ2n) is 10.5. The van der Waals surface area contributed by atoms with E-state index in [-0.39, 0.29) is 23.1 Å². The van der Waals surface area contributed by atoms with Crippen LogP contribution in [0.3, 0.4) is 0 Å². The maximum Gasteiger partial charge on any atom is 0.338 e. The van der Waals surface area contributed by atoms with Gasteiger partial charge in [-0.2, -0.15) is 0 Å². The van der Waals surface area contributed by atoms with E-state index in [9.17, 15) is 4.79 Å². The Morgan fingerprint density at radius 1 is 0.800 bits per heavy atom. The number of likely N-dealkylation sites (tertiary alicyclic amines) is 1. The van der Waals surface area contributed by atoms with Gasteiger partial charge in [0.2, 0.25) is 0 Å². The smallest absolute Gasteiger partial charge is 0.338 e. The minimum absolute atomic E-state index is 0.0441. The number of carbonyl (C=O) groups is 1. The maximum absolute atomic E-state index is 12.4. The van der Waals surface area contributed by atoms with E-state index >= 15 is 0 Å². The van der Waals surface area contributed by atoms with E-state index in [0.29, 0.717) is 18.8 Å². The second kappa shape index (κ2) is 10.9. The highest BCUT2D eigenvalue weighted by Crippen LogP contribution is 2.37. The van der Waals surface area contributed by atoms with Crippen molar-refractivity contribution in [3.8, 4) is 0 Å². The average Bonchev–Trinajstić information content (AvgIpc) is 3.23. The van der Waals surface area contributed by atoms with Crippen LogP contribution in [0.1, 0.15) is 44.0 Å². The lowest BCUT2D eigenvalue weighted by molar-refractivity contribution is 0.0381. The van der Waals surface area contributed by atoms with Crippen molar-refractivity contribution in [3.05, 3.63) is 96.6 Å². The zero-order valence-corrected chi connectivity index (χ0v) is 22.3. The Morgan fingerprint density at radius 2 is 1.26 bits per heavy atom. The molecule has 0 radical (unpaired) electrons. The summed E-state index contributed by atoms with van der Waals surface area (Å²) in [5.74, 6) is -0.258. The maximum atomic E-state index is 12.4. The fraction of sp³-hybridized carbons (Fsp3) is 0.367. The Morgan fingerprint density at radius 3 is 1.74 bits per heavy atom. The van der Waals surface area contributed by atoms with Gasteiger partial charge >= 0.3 is 5.97 Å². The molecule has 3 aromatic rings. The fourth-order valence-electron chi connectivity index (χ4n) is 5.30. The van der Waals surface area contributed by atoms with E-state index in [1.165, 1.54) is 10.4 Å². The number of carbonyl (C=O) groups excluding carboxylic acids is 1. The molecule has 4 rings (SSSR count). The molecule has 1 heterocycles. The van der Waals surface area contributed by atoms with Crippen molar-refractivity contribution in [1.29, 1.82) is 0 Å². The first kappa shape index (κ1) is 25.4. The fourth-order valence-corrected chi connectivity index (χ4v) is 9.90. The monoisotopic (exact) mass is 487 g/mol. The Balaban J connectivity index is 1.49. The summed E-state index contributed by atoms with van der Waals surface area (Å²) in [6, 6.07) is 31.2. The summed E-state index contributed by atoms with van der Waals surface area (Å²) in [6.07, 6.45) is 2.02. The van der Waals surface area contributed by atoms with Crippen LogP contribution in [-0.4, -0.2) is 51.5 Å². The number of rotatable bonds is 8. The molecule has 0 N–H and O–H groups in total. The summed E-state index contributed by atoms with van der Waals surface area (Å²) in [7, 11) is -0.429. The third-order valence-electron chi connectivity index (χ3n) is 7.31. The standard InChI is InChI=1S/C30H37NO3Si/c1-30(2,3)35(27-16-10-6-11-17-27,28-18-12-7-13-19-28)34-23-26-21-20-25(31(26)4)22-33-29(32)24-14-8-5-9-15-24/h5-19,25-26H,20-23H2,1-4H3/t25-,26-/m0/s1. The number of likely N-dealkylation sites (N-methyl/N-ethyl adjacent to an activating group) is 1.